The van der Waals surface area contributed by atoms with Crippen molar-refractivity contribution in [3.05, 3.63) is 47.0 Å². The summed E-state index contributed by atoms with van der Waals surface area (Å²) in [6.07, 6.45) is 3.42. The Kier molecular flexibility index (Phi) is 4.76. The Morgan fingerprint density at radius 1 is 1.29 bits per heavy atom. The van der Waals surface area contributed by atoms with Crippen molar-refractivity contribution in [1.82, 2.24) is 9.55 Å². The number of aryl methyl sites for hydroxylation is 1. The first-order valence-corrected chi connectivity index (χ1v) is 8.04. The molecule has 0 fully saturated rings. The third kappa shape index (κ3) is 4.09. The molecular formula is C15H18ClN3OS. The molecule has 0 radical (unpaired) electrons. The molecule has 0 spiro atoms. The topological polar surface area (TPSA) is 53.2 Å². The van der Waals surface area contributed by atoms with Crippen LogP contribution in [0, 0.1) is 6.92 Å². The van der Waals surface area contributed by atoms with Crippen molar-refractivity contribution < 1.29 is 4.55 Å². The minimum absolute atomic E-state index is 0.371. The van der Waals surface area contributed by atoms with Gasteiger partial charge in [-0.25, -0.2) is 4.98 Å². The molecule has 2 aromatic rings. The highest BCUT2D eigenvalue weighted by molar-refractivity contribution is 7.91. The van der Waals surface area contributed by atoms with E-state index in [0.29, 0.717) is 10.7 Å². The van der Waals surface area contributed by atoms with Crippen molar-refractivity contribution in [3.8, 4) is 5.69 Å². The van der Waals surface area contributed by atoms with Gasteiger partial charge in [0, 0.05) is 16.9 Å². The van der Waals surface area contributed by atoms with Crippen molar-refractivity contribution in [2.45, 2.75) is 32.4 Å². The van der Waals surface area contributed by atoms with Crippen molar-refractivity contribution >= 4 is 29.2 Å². The van der Waals surface area contributed by atoms with Crippen LogP contribution in [0.4, 0.5) is 0 Å². The van der Waals surface area contributed by atoms with E-state index in [-0.39, 0.29) is 4.75 Å². The summed E-state index contributed by atoms with van der Waals surface area (Å²) >= 11 is 4.61. The first-order valence-electron chi connectivity index (χ1n) is 6.55. The predicted octanol–water partition coefficient (Wildman–Crippen LogP) is 3.72. The molecule has 0 unspecified atom stereocenters. The highest BCUT2D eigenvalue weighted by Crippen LogP contribution is 2.18. The van der Waals surface area contributed by atoms with Crippen LogP contribution in [0.3, 0.4) is 0 Å². The van der Waals surface area contributed by atoms with E-state index in [4.69, 9.17) is 11.6 Å². The standard InChI is InChI=1S/C15H18ClN3OS/c1-11-18-13(9-17-21(20)15(2,3)4)10-19(11)14-7-5-12(16)6-8-14/h5-10H,1-4H3/b17-9+/t21-/m1/s1. The SMILES string of the molecule is Cc1nc(/C=N/[S@+]([O-])C(C)(C)C)cn1-c1ccc(Cl)cc1. The molecule has 1 aromatic carbocycles. The molecule has 0 N–H and O–H groups in total. The van der Waals surface area contributed by atoms with Crippen LogP contribution in [0.1, 0.15) is 32.3 Å². The Hall–Kier alpha value is -1.30. The lowest BCUT2D eigenvalue weighted by molar-refractivity contribution is 0.562. The van der Waals surface area contributed by atoms with E-state index in [1.165, 1.54) is 0 Å². The van der Waals surface area contributed by atoms with Gasteiger partial charge in [0.1, 0.15) is 33.8 Å². The van der Waals surface area contributed by atoms with Crippen LogP contribution in [0.25, 0.3) is 5.69 Å². The number of imidazole rings is 1. The highest BCUT2D eigenvalue weighted by atomic mass is 35.5. The van der Waals surface area contributed by atoms with Gasteiger partial charge in [0.15, 0.2) is 0 Å². The van der Waals surface area contributed by atoms with Gasteiger partial charge < -0.3 is 9.12 Å². The molecule has 0 saturated heterocycles. The quantitative estimate of drug-likeness (QED) is 0.638. The summed E-state index contributed by atoms with van der Waals surface area (Å²) in [5.74, 6) is 0.834. The van der Waals surface area contributed by atoms with E-state index in [9.17, 15) is 4.55 Å². The maximum Gasteiger partial charge on any atom is 0.144 e. The van der Waals surface area contributed by atoms with Gasteiger partial charge in [0.05, 0.1) is 0 Å². The van der Waals surface area contributed by atoms with Crippen LogP contribution >= 0.6 is 11.6 Å². The summed E-state index contributed by atoms with van der Waals surface area (Å²) in [6.45, 7) is 7.57. The summed E-state index contributed by atoms with van der Waals surface area (Å²) in [7, 11) is 0. The second kappa shape index (κ2) is 6.22. The molecule has 0 aliphatic rings. The second-order valence-electron chi connectivity index (χ2n) is 5.66. The Morgan fingerprint density at radius 2 is 1.90 bits per heavy atom. The molecule has 0 bridgehead atoms. The van der Waals surface area contributed by atoms with Crippen LogP contribution in [0.2, 0.25) is 5.02 Å². The molecule has 0 aliphatic carbocycles. The summed E-state index contributed by atoms with van der Waals surface area (Å²) in [5.41, 5.74) is 1.65. The van der Waals surface area contributed by atoms with Crippen LogP contribution in [-0.2, 0) is 11.4 Å². The molecule has 0 amide bonds. The fourth-order valence-electron chi connectivity index (χ4n) is 1.68. The van der Waals surface area contributed by atoms with Gasteiger partial charge in [-0.05, 0) is 52.0 Å². The smallest absolute Gasteiger partial charge is 0.144 e. The largest absolute Gasteiger partial charge is 0.591 e. The van der Waals surface area contributed by atoms with Crippen LogP contribution in [0.15, 0.2) is 34.9 Å². The maximum absolute atomic E-state index is 11.9. The zero-order valence-corrected chi connectivity index (χ0v) is 14.1. The molecule has 6 heteroatoms. The van der Waals surface area contributed by atoms with Gasteiger partial charge in [-0.3, -0.25) is 0 Å². The Labute approximate surface area is 133 Å². The summed E-state index contributed by atoms with van der Waals surface area (Å²) in [5, 5.41) is 0.693. The molecule has 1 aromatic heterocycles. The fourth-order valence-corrected chi connectivity index (χ4v) is 2.33. The molecule has 4 nitrogen and oxygen atoms in total. The van der Waals surface area contributed by atoms with E-state index in [1.54, 1.807) is 6.21 Å². The van der Waals surface area contributed by atoms with Gasteiger partial charge in [-0.1, -0.05) is 16.0 Å². The first kappa shape index (κ1) is 16.1. The average Bonchev–Trinajstić information content (AvgIpc) is 2.77. The predicted molar refractivity (Wildman–Crippen MR) is 88.8 cm³/mol. The number of halogens is 1. The Bertz CT molecular complexity index is 644. The molecule has 1 heterocycles. The number of hydrogen-bond acceptors (Lipinski definition) is 3. The third-order valence-corrected chi connectivity index (χ3v) is 4.41. The molecule has 112 valence electrons. The first-order chi connectivity index (χ1) is 9.77. The zero-order valence-electron chi connectivity index (χ0n) is 12.5. The lowest BCUT2D eigenvalue weighted by atomic mass is 10.3. The molecule has 21 heavy (non-hydrogen) atoms. The number of nitrogens with zero attached hydrogens (tertiary/aromatic N) is 3. The summed E-state index contributed by atoms with van der Waals surface area (Å²) < 4.78 is 17.6. The summed E-state index contributed by atoms with van der Waals surface area (Å²) in [6, 6.07) is 7.51. The number of hydrogen-bond donors (Lipinski definition) is 0. The van der Waals surface area contributed by atoms with Gasteiger partial charge in [-0.2, -0.15) is 0 Å². The van der Waals surface area contributed by atoms with Gasteiger partial charge >= 0.3 is 0 Å². The van der Waals surface area contributed by atoms with Gasteiger partial charge in [0.2, 0.25) is 0 Å². The number of rotatable bonds is 3. The fraction of sp³-hybridized carbons (Fsp3) is 0.333. The molecule has 1 atom stereocenters. The normalized spacial score (nSPS) is 13.8. The minimum Gasteiger partial charge on any atom is -0.591 e. The van der Waals surface area contributed by atoms with Gasteiger partial charge in [-0.15, -0.1) is 0 Å². The average molecular weight is 324 g/mol. The third-order valence-electron chi connectivity index (χ3n) is 2.81. The molecule has 0 aliphatic heterocycles. The molecule has 0 saturated carbocycles. The Balaban J connectivity index is 2.24. The Morgan fingerprint density at radius 3 is 2.48 bits per heavy atom. The van der Waals surface area contributed by atoms with Crippen LogP contribution in [0.5, 0.6) is 0 Å². The summed E-state index contributed by atoms with van der Waals surface area (Å²) in [4.78, 5) is 4.41. The van der Waals surface area contributed by atoms with Crippen LogP contribution in [-0.4, -0.2) is 25.1 Å². The van der Waals surface area contributed by atoms with Crippen LogP contribution < -0.4 is 0 Å². The van der Waals surface area contributed by atoms with E-state index >= 15 is 0 Å². The van der Waals surface area contributed by atoms with E-state index in [2.05, 4.69) is 9.38 Å². The van der Waals surface area contributed by atoms with E-state index < -0.39 is 11.4 Å². The molecule has 2 rings (SSSR count). The number of benzene rings is 1. The number of aromatic nitrogens is 2. The lowest BCUT2D eigenvalue weighted by Gasteiger charge is -2.17. The van der Waals surface area contributed by atoms with E-state index in [0.717, 1.165) is 11.5 Å². The second-order valence-corrected chi connectivity index (χ2v) is 8.03. The molecular weight excluding hydrogens is 306 g/mol. The lowest BCUT2D eigenvalue weighted by Crippen LogP contribution is -2.25. The van der Waals surface area contributed by atoms with Crippen molar-refractivity contribution in [2.75, 3.05) is 0 Å². The van der Waals surface area contributed by atoms with E-state index in [1.807, 2.05) is 62.7 Å². The van der Waals surface area contributed by atoms with Gasteiger partial charge in [0.25, 0.3) is 0 Å². The highest BCUT2D eigenvalue weighted by Gasteiger charge is 2.25. The maximum atomic E-state index is 11.9. The van der Waals surface area contributed by atoms with Crippen molar-refractivity contribution in [2.24, 2.45) is 4.40 Å². The van der Waals surface area contributed by atoms with Crippen molar-refractivity contribution in [3.63, 3.8) is 0 Å². The van der Waals surface area contributed by atoms with Crippen molar-refractivity contribution in [1.29, 1.82) is 0 Å². The zero-order chi connectivity index (χ0) is 15.6. The minimum atomic E-state index is -1.28. The monoisotopic (exact) mass is 323 g/mol.